The molecule has 1 fully saturated rings. The Morgan fingerprint density at radius 3 is 2.31 bits per heavy atom. The molecule has 2 heterocycles. The summed E-state index contributed by atoms with van der Waals surface area (Å²) in [5, 5.41) is 19.7. The van der Waals surface area contributed by atoms with Crippen LogP contribution in [0.5, 0.6) is 0 Å². The van der Waals surface area contributed by atoms with Gasteiger partial charge in [-0.1, -0.05) is 0 Å². The number of phosphoric ester groups is 1. The van der Waals surface area contributed by atoms with Crippen molar-refractivity contribution < 1.29 is 141 Å². The molecule has 148 valence electrons. The second kappa shape index (κ2) is 12.8. The second-order valence-corrected chi connectivity index (χ2v) is 7.68. The van der Waals surface area contributed by atoms with Gasteiger partial charge in [0.2, 0.25) is 0 Å². The summed E-state index contributed by atoms with van der Waals surface area (Å²) < 4.78 is 47.6. The Balaban J connectivity index is 0. The summed E-state index contributed by atoms with van der Waals surface area (Å²) in [6.07, 6.45) is -6.44. The maximum absolute atomic E-state index is 13.4. The summed E-state index contributed by atoms with van der Waals surface area (Å²) >= 11 is 0. The van der Waals surface area contributed by atoms with Crippen molar-refractivity contribution in [3.05, 3.63) is 22.5 Å². The van der Waals surface area contributed by atoms with E-state index in [4.69, 9.17) is 10.5 Å². The minimum Gasteiger partial charge on any atom is -0.790 e. The Labute approximate surface area is 228 Å². The van der Waals surface area contributed by atoms with E-state index in [9.17, 15) is 43.2 Å². The van der Waals surface area contributed by atoms with Gasteiger partial charge in [-0.05, 0) is 0 Å². The van der Waals surface area contributed by atoms with Crippen LogP contribution in [-0.4, -0.2) is 44.7 Å². The number of hydrogen-bond donors (Lipinski definition) is 3. The molecule has 20 heteroatoms. The number of rotatable bonds is 6. The molecular formula is C9H11FN3Na3O11P2. The van der Waals surface area contributed by atoms with Crippen molar-refractivity contribution in [2.75, 3.05) is 12.3 Å². The van der Waals surface area contributed by atoms with Crippen LogP contribution in [0.1, 0.15) is 6.23 Å². The minimum atomic E-state index is -5.91. The number of ether oxygens (including phenoxy) is 1. The van der Waals surface area contributed by atoms with Gasteiger partial charge in [-0.25, -0.2) is 9.18 Å². The molecule has 0 saturated carbocycles. The fourth-order valence-corrected chi connectivity index (χ4v) is 3.55. The number of nitrogen functional groups attached to an aromatic ring is 1. The Hall–Kier alpha value is 1.75. The van der Waals surface area contributed by atoms with E-state index in [-0.39, 0.29) is 88.7 Å². The zero-order chi connectivity index (χ0) is 19.9. The van der Waals surface area contributed by atoms with Crippen LogP contribution >= 0.6 is 15.6 Å². The minimum absolute atomic E-state index is 0. The first kappa shape index (κ1) is 32.9. The van der Waals surface area contributed by atoms with E-state index in [1.54, 1.807) is 0 Å². The first-order valence-corrected chi connectivity index (χ1v) is 9.47. The topological polar surface area (TPSA) is 232 Å². The van der Waals surface area contributed by atoms with Crippen LogP contribution in [0, 0.1) is 5.82 Å². The fraction of sp³-hybridized carbons (Fsp3) is 0.556. The van der Waals surface area contributed by atoms with Crippen molar-refractivity contribution in [2.24, 2.45) is 0 Å². The van der Waals surface area contributed by atoms with Crippen molar-refractivity contribution in [2.45, 2.75) is 24.5 Å². The van der Waals surface area contributed by atoms with Crippen molar-refractivity contribution in [1.29, 1.82) is 0 Å². The number of anilines is 1. The van der Waals surface area contributed by atoms with E-state index in [0.29, 0.717) is 10.8 Å². The maximum atomic E-state index is 13.4. The molecule has 14 nitrogen and oxygen atoms in total. The molecule has 0 spiro atoms. The number of nitrogens with zero attached hydrogens (tertiary/aromatic N) is 2. The van der Waals surface area contributed by atoms with Gasteiger partial charge < -0.3 is 44.5 Å². The van der Waals surface area contributed by atoms with Crippen LogP contribution in [-0.2, 0) is 22.7 Å². The number of aliphatic hydroxyl groups is 2. The molecule has 0 amide bonds. The van der Waals surface area contributed by atoms with Gasteiger partial charge in [0.05, 0.1) is 20.6 Å². The number of nitrogens with two attached hydrogens (primary N) is 1. The number of aliphatic hydroxyl groups excluding tert-OH is 2. The van der Waals surface area contributed by atoms with E-state index in [0.717, 1.165) is 0 Å². The predicted octanol–water partition coefficient (Wildman–Crippen LogP) is -13.1. The number of phosphoric acid groups is 2. The average molecular weight is 487 g/mol. The monoisotopic (exact) mass is 487 g/mol. The number of aromatic nitrogens is 2. The van der Waals surface area contributed by atoms with Crippen LogP contribution in [0.3, 0.4) is 0 Å². The molecule has 1 saturated heterocycles. The number of hydrogen-bond acceptors (Lipinski definition) is 13. The molecule has 1 aromatic heterocycles. The fourth-order valence-electron chi connectivity index (χ4n) is 2.05. The molecule has 1 aromatic rings. The molecule has 5 atom stereocenters. The van der Waals surface area contributed by atoms with Gasteiger partial charge in [0, 0.05) is 0 Å². The summed E-state index contributed by atoms with van der Waals surface area (Å²) in [6, 6.07) is 0. The normalized spacial score (nSPS) is 25.9. The summed E-state index contributed by atoms with van der Waals surface area (Å²) in [6.45, 7) is -1.09. The van der Waals surface area contributed by atoms with Gasteiger partial charge in [0.1, 0.15) is 18.3 Å². The molecule has 1 aliphatic heterocycles. The van der Waals surface area contributed by atoms with Gasteiger partial charge in [-0.2, -0.15) is 4.98 Å². The average Bonchev–Trinajstić information content (AvgIpc) is 2.75. The molecule has 1 aliphatic rings. The molecule has 0 aromatic carbocycles. The summed E-state index contributed by atoms with van der Waals surface area (Å²) in [5.41, 5.74) is 3.96. The Bertz CT molecular complexity index is 842. The first-order valence-electron chi connectivity index (χ1n) is 6.55. The van der Waals surface area contributed by atoms with E-state index >= 15 is 0 Å². The Kier molecular flexibility index (Phi) is 14.6. The summed E-state index contributed by atoms with van der Waals surface area (Å²) in [4.78, 5) is 46.5. The smallest absolute Gasteiger partial charge is 0.790 e. The van der Waals surface area contributed by atoms with Crippen molar-refractivity contribution in [3.8, 4) is 0 Å². The van der Waals surface area contributed by atoms with Gasteiger partial charge in [-0.15, -0.1) is 0 Å². The quantitative estimate of drug-likeness (QED) is 0.250. The van der Waals surface area contributed by atoms with Crippen molar-refractivity contribution >= 4 is 21.5 Å². The van der Waals surface area contributed by atoms with Crippen LogP contribution in [0.2, 0.25) is 0 Å². The van der Waals surface area contributed by atoms with Gasteiger partial charge in [0.25, 0.3) is 7.82 Å². The molecule has 0 radical (unpaired) electrons. The molecule has 0 aliphatic carbocycles. The van der Waals surface area contributed by atoms with E-state index in [1.165, 1.54) is 0 Å². The molecule has 0 bridgehead atoms. The van der Waals surface area contributed by atoms with Gasteiger partial charge in [-0.3, -0.25) is 13.4 Å². The maximum Gasteiger partial charge on any atom is 1.00 e. The third-order valence-corrected chi connectivity index (χ3v) is 5.21. The van der Waals surface area contributed by atoms with E-state index < -0.39 is 64.1 Å². The van der Waals surface area contributed by atoms with Crippen LogP contribution in [0.15, 0.2) is 11.0 Å². The zero-order valence-corrected chi connectivity index (χ0v) is 23.2. The van der Waals surface area contributed by atoms with Gasteiger partial charge >= 0.3 is 94.4 Å². The molecule has 2 rings (SSSR count). The van der Waals surface area contributed by atoms with Crippen LogP contribution in [0.4, 0.5) is 10.2 Å². The third kappa shape index (κ3) is 9.26. The van der Waals surface area contributed by atoms with Crippen LogP contribution in [0.25, 0.3) is 0 Å². The third-order valence-electron chi connectivity index (χ3n) is 3.14. The second-order valence-electron chi connectivity index (χ2n) is 4.98. The van der Waals surface area contributed by atoms with Crippen molar-refractivity contribution in [1.82, 2.24) is 9.55 Å². The molecule has 4 N–H and O–H groups in total. The first-order chi connectivity index (χ1) is 11.8. The molecule has 29 heavy (non-hydrogen) atoms. The standard InChI is InChI=1S/C9H14FN3O11P2.3Na/c10-3-1-13(9(16)12-7(3)11)8-6(15)5(14)4(23-8)2-22-26(20,21)24-25(17,18)19;;;/h1,4-6,8,14-15H,2H2,(H,20,21)(H2,11,12,16)(H2,17,18,19);;;/q;3*+1/p-3/t4-,5-,6-,8-;;;/m1.../s1. The molecular weight excluding hydrogens is 476 g/mol. The SMILES string of the molecule is Nc1nc(=O)n([C@@H]2O[C@H](COP(=O)([O-])OP(=O)([O-])[O-])[C@@H](O)[C@H]2O)cc1F.[Na+].[Na+].[Na+]. The summed E-state index contributed by atoms with van der Waals surface area (Å²) in [7, 11) is -11.5. The largest absolute Gasteiger partial charge is 1.00 e. The Morgan fingerprint density at radius 1 is 1.24 bits per heavy atom. The van der Waals surface area contributed by atoms with Crippen LogP contribution < -0.4 is 115 Å². The zero-order valence-electron chi connectivity index (χ0n) is 15.4. The Morgan fingerprint density at radius 2 is 1.79 bits per heavy atom. The summed E-state index contributed by atoms with van der Waals surface area (Å²) in [5.74, 6) is -1.85. The molecule has 1 unspecified atom stereocenters. The van der Waals surface area contributed by atoms with E-state index in [1.807, 2.05) is 0 Å². The van der Waals surface area contributed by atoms with Gasteiger partial charge in [0.15, 0.2) is 17.9 Å². The predicted molar refractivity (Wildman–Crippen MR) is 71.0 cm³/mol. The van der Waals surface area contributed by atoms with Crippen molar-refractivity contribution in [3.63, 3.8) is 0 Å². The van der Waals surface area contributed by atoms with E-state index in [2.05, 4.69) is 13.8 Å². The number of halogens is 1.